The standard InChI is InChI=1S/C21H31N7O.HI/c1-17-24-25-20(26(17)2)16-23-21(22-9-5-10-27-12-14-29-15-13-27)28-11-8-18-6-3-4-7-19(18)28;/h3-4,6-7H,5,8-16H2,1-2H3,(H,22,23);1H. The van der Waals surface area contributed by atoms with Gasteiger partial charge in [-0.15, -0.1) is 34.2 Å². The molecule has 3 heterocycles. The summed E-state index contributed by atoms with van der Waals surface area (Å²) < 4.78 is 7.43. The van der Waals surface area contributed by atoms with Crippen molar-refractivity contribution in [1.82, 2.24) is 25.0 Å². The second-order valence-electron chi connectivity index (χ2n) is 7.63. The smallest absolute Gasteiger partial charge is 0.198 e. The summed E-state index contributed by atoms with van der Waals surface area (Å²) in [6.07, 6.45) is 2.13. The number of ether oxygens (including phenoxy) is 1. The van der Waals surface area contributed by atoms with Crippen LogP contribution in [0.1, 0.15) is 23.6 Å². The quantitative estimate of drug-likeness (QED) is 0.269. The van der Waals surface area contributed by atoms with Crippen LogP contribution in [0.4, 0.5) is 5.69 Å². The van der Waals surface area contributed by atoms with Crippen molar-refractivity contribution in [1.29, 1.82) is 0 Å². The molecule has 1 N–H and O–H groups in total. The molecule has 0 unspecified atom stereocenters. The van der Waals surface area contributed by atoms with Gasteiger partial charge in [0, 0.05) is 38.9 Å². The number of morpholine rings is 1. The van der Waals surface area contributed by atoms with E-state index < -0.39 is 0 Å². The van der Waals surface area contributed by atoms with Crippen molar-refractivity contribution in [3.63, 3.8) is 0 Å². The van der Waals surface area contributed by atoms with Gasteiger partial charge in [0.15, 0.2) is 11.8 Å². The first-order valence-corrected chi connectivity index (χ1v) is 10.5. The zero-order valence-electron chi connectivity index (χ0n) is 17.9. The SMILES string of the molecule is Cc1nnc(CN=C(NCCCN2CCOCC2)N2CCc3ccccc32)n1C.I. The predicted octanol–water partition coefficient (Wildman–Crippen LogP) is 1.97. The van der Waals surface area contributed by atoms with Crippen molar-refractivity contribution in [3.05, 3.63) is 41.5 Å². The molecule has 2 aromatic rings. The van der Waals surface area contributed by atoms with Crippen molar-refractivity contribution in [2.24, 2.45) is 12.0 Å². The topological polar surface area (TPSA) is 70.8 Å². The molecule has 1 fully saturated rings. The van der Waals surface area contributed by atoms with Gasteiger partial charge in [-0.05, 0) is 37.9 Å². The lowest BCUT2D eigenvalue weighted by Gasteiger charge is -2.27. The first kappa shape index (κ1) is 23.0. The van der Waals surface area contributed by atoms with Crippen molar-refractivity contribution in [2.75, 3.05) is 50.8 Å². The third-order valence-electron chi connectivity index (χ3n) is 5.73. The number of benzene rings is 1. The number of hydrogen-bond donors (Lipinski definition) is 1. The number of para-hydroxylation sites is 1. The summed E-state index contributed by atoms with van der Waals surface area (Å²) in [5.41, 5.74) is 2.63. The van der Waals surface area contributed by atoms with Crippen LogP contribution in [-0.2, 0) is 24.8 Å². The summed E-state index contributed by atoms with van der Waals surface area (Å²) in [6.45, 7) is 9.17. The summed E-state index contributed by atoms with van der Waals surface area (Å²) in [5.74, 6) is 2.71. The molecule has 30 heavy (non-hydrogen) atoms. The van der Waals surface area contributed by atoms with E-state index in [1.165, 1.54) is 11.3 Å². The molecule has 9 heteroatoms. The van der Waals surface area contributed by atoms with E-state index in [9.17, 15) is 0 Å². The summed E-state index contributed by atoms with van der Waals surface area (Å²) >= 11 is 0. The van der Waals surface area contributed by atoms with Crippen LogP contribution in [0.3, 0.4) is 0 Å². The van der Waals surface area contributed by atoms with Gasteiger partial charge in [-0.3, -0.25) is 4.90 Å². The average molecular weight is 525 g/mol. The molecule has 2 aliphatic heterocycles. The fraction of sp³-hybridized carbons (Fsp3) is 0.571. The van der Waals surface area contributed by atoms with Gasteiger partial charge in [-0.2, -0.15) is 0 Å². The number of halogens is 1. The van der Waals surface area contributed by atoms with E-state index in [4.69, 9.17) is 9.73 Å². The highest BCUT2D eigenvalue weighted by atomic mass is 127. The van der Waals surface area contributed by atoms with Gasteiger partial charge in [-0.25, -0.2) is 4.99 Å². The zero-order valence-corrected chi connectivity index (χ0v) is 20.2. The number of nitrogens with one attached hydrogen (secondary N) is 1. The molecule has 2 aliphatic rings. The van der Waals surface area contributed by atoms with Gasteiger partial charge in [0.25, 0.3) is 0 Å². The molecule has 1 aromatic carbocycles. The highest BCUT2D eigenvalue weighted by Gasteiger charge is 2.23. The van der Waals surface area contributed by atoms with Gasteiger partial charge in [0.2, 0.25) is 0 Å². The Morgan fingerprint density at radius 2 is 1.97 bits per heavy atom. The highest BCUT2D eigenvalue weighted by molar-refractivity contribution is 14.0. The third kappa shape index (κ3) is 5.50. The van der Waals surface area contributed by atoms with E-state index in [1.807, 2.05) is 18.5 Å². The summed E-state index contributed by atoms with van der Waals surface area (Å²) in [5, 5.41) is 12.0. The number of anilines is 1. The van der Waals surface area contributed by atoms with Crippen LogP contribution in [0, 0.1) is 6.92 Å². The Balaban J connectivity index is 0.00000256. The normalized spacial score (nSPS) is 17.0. The first-order valence-electron chi connectivity index (χ1n) is 10.5. The number of rotatable bonds is 6. The number of hydrogen-bond acceptors (Lipinski definition) is 5. The number of aryl methyl sites for hydroxylation is 1. The van der Waals surface area contributed by atoms with Gasteiger partial charge >= 0.3 is 0 Å². The van der Waals surface area contributed by atoms with E-state index in [0.717, 1.165) is 76.4 Å². The lowest BCUT2D eigenvalue weighted by atomic mass is 10.2. The Morgan fingerprint density at radius 3 is 2.73 bits per heavy atom. The van der Waals surface area contributed by atoms with Crippen LogP contribution in [-0.4, -0.2) is 71.6 Å². The maximum atomic E-state index is 5.43. The van der Waals surface area contributed by atoms with Gasteiger partial charge < -0.3 is 19.5 Å². The minimum atomic E-state index is 0. The fourth-order valence-corrected chi connectivity index (χ4v) is 3.86. The van der Waals surface area contributed by atoms with E-state index in [1.54, 1.807) is 0 Å². The molecule has 0 bridgehead atoms. The van der Waals surface area contributed by atoms with Crippen molar-refractivity contribution in [3.8, 4) is 0 Å². The maximum Gasteiger partial charge on any atom is 0.198 e. The van der Waals surface area contributed by atoms with Crippen molar-refractivity contribution < 1.29 is 4.74 Å². The molecule has 164 valence electrons. The second-order valence-corrected chi connectivity index (χ2v) is 7.63. The number of aromatic nitrogens is 3. The number of guanidine groups is 1. The molecule has 0 radical (unpaired) electrons. The van der Waals surface area contributed by atoms with E-state index in [2.05, 4.69) is 49.6 Å². The lowest BCUT2D eigenvalue weighted by Crippen LogP contribution is -2.42. The molecule has 0 amide bonds. The van der Waals surface area contributed by atoms with E-state index >= 15 is 0 Å². The van der Waals surface area contributed by atoms with Crippen molar-refractivity contribution in [2.45, 2.75) is 26.3 Å². The molecular formula is C21H32IN7O. The molecule has 0 spiro atoms. The Morgan fingerprint density at radius 1 is 1.17 bits per heavy atom. The Kier molecular flexibility index (Phi) is 8.46. The molecule has 0 saturated carbocycles. The molecular weight excluding hydrogens is 493 g/mol. The zero-order chi connectivity index (χ0) is 20.1. The summed E-state index contributed by atoms with van der Waals surface area (Å²) in [7, 11) is 1.99. The van der Waals surface area contributed by atoms with E-state index in [-0.39, 0.29) is 24.0 Å². The highest BCUT2D eigenvalue weighted by Crippen LogP contribution is 2.27. The Labute approximate surface area is 195 Å². The van der Waals surface area contributed by atoms with Crippen LogP contribution in [0.2, 0.25) is 0 Å². The van der Waals surface area contributed by atoms with Gasteiger partial charge in [-0.1, -0.05) is 18.2 Å². The molecule has 0 atom stereocenters. The minimum Gasteiger partial charge on any atom is -0.379 e. The molecule has 8 nitrogen and oxygen atoms in total. The third-order valence-corrected chi connectivity index (χ3v) is 5.73. The summed E-state index contributed by atoms with van der Waals surface area (Å²) in [6, 6.07) is 8.59. The summed E-state index contributed by atoms with van der Waals surface area (Å²) in [4.78, 5) is 9.67. The van der Waals surface area contributed by atoms with Gasteiger partial charge in [0.1, 0.15) is 12.4 Å². The largest absolute Gasteiger partial charge is 0.379 e. The average Bonchev–Trinajstić information content (AvgIpc) is 3.32. The second kappa shape index (κ2) is 11.1. The number of fused-ring (bicyclic) bond motifs is 1. The Bertz CT molecular complexity index is 848. The van der Waals surface area contributed by atoms with Crippen LogP contribution >= 0.6 is 24.0 Å². The van der Waals surface area contributed by atoms with Crippen LogP contribution in [0.25, 0.3) is 0 Å². The van der Waals surface area contributed by atoms with Crippen molar-refractivity contribution >= 4 is 35.6 Å². The lowest BCUT2D eigenvalue weighted by molar-refractivity contribution is 0.0376. The van der Waals surface area contributed by atoms with Gasteiger partial charge in [0.05, 0.1) is 13.2 Å². The predicted molar refractivity (Wildman–Crippen MR) is 130 cm³/mol. The van der Waals surface area contributed by atoms with Crippen LogP contribution < -0.4 is 10.2 Å². The van der Waals surface area contributed by atoms with Crippen LogP contribution in [0.5, 0.6) is 0 Å². The molecule has 4 rings (SSSR count). The first-order chi connectivity index (χ1) is 14.2. The van der Waals surface area contributed by atoms with E-state index in [0.29, 0.717) is 6.54 Å². The molecule has 1 aromatic heterocycles. The van der Waals surface area contributed by atoms with Crippen LogP contribution in [0.15, 0.2) is 29.3 Å². The Hall–Kier alpha value is -1.72. The molecule has 0 aliphatic carbocycles. The number of nitrogens with zero attached hydrogens (tertiary/aromatic N) is 6. The maximum absolute atomic E-state index is 5.43. The number of aliphatic imine (C=N–C) groups is 1. The fourth-order valence-electron chi connectivity index (χ4n) is 3.86. The molecule has 1 saturated heterocycles. The monoisotopic (exact) mass is 525 g/mol. The minimum absolute atomic E-state index is 0.